The maximum Gasteiger partial charge on any atom is 0.160 e. The van der Waals surface area contributed by atoms with E-state index in [1.54, 1.807) is 6.20 Å². The van der Waals surface area contributed by atoms with Gasteiger partial charge in [-0.25, -0.2) is 9.97 Å². The first-order valence-corrected chi connectivity index (χ1v) is 8.73. The quantitative estimate of drug-likeness (QED) is 0.869. The lowest BCUT2D eigenvalue weighted by Gasteiger charge is -2.34. The molecule has 0 aliphatic carbocycles. The van der Waals surface area contributed by atoms with Gasteiger partial charge in [0.25, 0.3) is 0 Å². The van der Waals surface area contributed by atoms with Crippen LogP contribution in [-0.2, 0) is 16.8 Å². The molecule has 0 N–H and O–H groups in total. The maximum absolute atomic E-state index is 5.91. The van der Waals surface area contributed by atoms with Crippen LogP contribution in [0.15, 0.2) is 30.7 Å². The van der Waals surface area contributed by atoms with Crippen molar-refractivity contribution < 1.29 is 4.74 Å². The Kier molecular flexibility index (Phi) is 4.06. The first kappa shape index (κ1) is 15.7. The van der Waals surface area contributed by atoms with E-state index in [0.29, 0.717) is 12.5 Å². The second kappa shape index (κ2) is 6.22. The molecule has 0 unspecified atom stereocenters. The van der Waals surface area contributed by atoms with Crippen LogP contribution < -0.4 is 0 Å². The van der Waals surface area contributed by atoms with E-state index in [9.17, 15) is 0 Å². The minimum Gasteiger partial charge on any atom is -0.376 e. The monoisotopic (exact) mass is 324 g/mol. The molecule has 2 aromatic rings. The van der Waals surface area contributed by atoms with Crippen LogP contribution >= 0.6 is 0 Å². The van der Waals surface area contributed by atoms with E-state index in [1.165, 1.54) is 5.69 Å². The summed E-state index contributed by atoms with van der Waals surface area (Å²) in [5.74, 6) is 1.45. The van der Waals surface area contributed by atoms with Gasteiger partial charge < -0.3 is 9.64 Å². The summed E-state index contributed by atoms with van der Waals surface area (Å²) in [6.07, 6.45) is 6.65. The Balaban J connectivity index is 1.69. The molecular weight excluding hydrogens is 300 g/mol. The third kappa shape index (κ3) is 2.82. The van der Waals surface area contributed by atoms with Gasteiger partial charge in [0.05, 0.1) is 24.3 Å². The number of likely N-dealkylation sites (tertiary alicyclic amines) is 1. The summed E-state index contributed by atoms with van der Waals surface area (Å²) in [6.45, 7) is 9.22. The Morgan fingerprint density at radius 2 is 2.25 bits per heavy atom. The molecule has 1 spiro atoms. The Bertz CT molecular complexity index is 719. The van der Waals surface area contributed by atoms with Crippen LogP contribution in [0, 0.1) is 5.92 Å². The van der Waals surface area contributed by atoms with E-state index in [4.69, 9.17) is 9.72 Å². The van der Waals surface area contributed by atoms with E-state index in [2.05, 4.69) is 28.7 Å². The highest BCUT2D eigenvalue weighted by Crippen LogP contribution is 2.39. The van der Waals surface area contributed by atoms with Crippen molar-refractivity contribution in [3.8, 4) is 11.4 Å². The second-order valence-corrected chi connectivity index (χ2v) is 7.46. The number of rotatable bonds is 3. The van der Waals surface area contributed by atoms with E-state index in [1.807, 2.05) is 24.5 Å². The Morgan fingerprint density at radius 3 is 3.04 bits per heavy atom. The smallest absolute Gasteiger partial charge is 0.160 e. The number of nitrogens with zero attached hydrogens (tertiary/aromatic N) is 4. The van der Waals surface area contributed by atoms with Crippen molar-refractivity contribution in [3.05, 3.63) is 42.0 Å². The summed E-state index contributed by atoms with van der Waals surface area (Å²) >= 11 is 0. The molecule has 2 aliphatic rings. The highest BCUT2D eigenvalue weighted by molar-refractivity contribution is 5.54. The molecule has 5 nitrogen and oxygen atoms in total. The fourth-order valence-electron chi connectivity index (χ4n) is 3.97. The normalized spacial score (nSPS) is 23.8. The third-order valence-corrected chi connectivity index (χ3v) is 4.98. The van der Waals surface area contributed by atoms with Gasteiger partial charge in [-0.05, 0) is 31.0 Å². The molecular formula is C19H24N4O. The molecule has 2 aromatic heterocycles. The Hall–Kier alpha value is -1.85. The summed E-state index contributed by atoms with van der Waals surface area (Å²) in [5, 5.41) is 0. The highest BCUT2D eigenvalue weighted by atomic mass is 16.5. The molecule has 0 saturated carbocycles. The van der Waals surface area contributed by atoms with Crippen molar-refractivity contribution >= 4 is 0 Å². The zero-order chi connectivity index (χ0) is 16.6. The molecule has 4 heterocycles. The molecule has 24 heavy (non-hydrogen) atoms. The molecule has 2 aliphatic heterocycles. The maximum atomic E-state index is 5.91. The van der Waals surface area contributed by atoms with Gasteiger partial charge in [-0.15, -0.1) is 0 Å². The predicted octanol–water partition coefficient (Wildman–Crippen LogP) is 2.67. The van der Waals surface area contributed by atoms with Crippen molar-refractivity contribution in [1.82, 2.24) is 19.9 Å². The van der Waals surface area contributed by atoms with Crippen molar-refractivity contribution in [2.24, 2.45) is 5.92 Å². The van der Waals surface area contributed by atoms with Gasteiger partial charge >= 0.3 is 0 Å². The lowest BCUT2D eigenvalue weighted by molar-refractivity contribution is 0.0501. The Labute approximate surface area is 143 Å². The summed E-state index contributed by atoms with van der Waals surface area (Å²) in [7, 11) is 0. The van der Waals surface area contributed by atoms with Crippen LogP contribution in [0.5, 0.6) is 0 Å². The van der Waals surface area contributed by atoms with E-state index in [-0.39, 0.29) is 5.41 Å². The largest absolute Gasteiger partial charge is 0.376 e. The molecule has 0 amide bonds. The number of ether oxygens (including phenoxy) is 1. The Morgan fingerprint density at radius 1 is 1.33 bits per heavy atom. The van der Waals surface area contributed by atoms with Crippen LogP contribution in [0.3, 0.4) is 0 Å². The molecule has 1 atom stereocenters. The molecule has 0 aromatic carbocycles. The van der Waals surface area contributed by atoms with E-state index in [0.717, 1.165) is 49.6 Å². The molecule has 1 saturated heterocycles. The first-order valence-electron chi connectivity index (χ1n) is 8.73. The zero-order valence-corrected chi connectivity index (χ0v) is 14.4. The highest BCUT2D eigenvalue weighted by Gasteiger charge is 2.44. The van der Waals surface area contributed by atoms with E-state index < -0.39 is 0 Å². The summed E-state index contributed by atoms with van der Waals surface area (Å²) in [5.41, 5.74) is 3.32. The third-order valence-electron chi connectivity index (χ3n) is 4.98. The average molecular weight is 324 g/mol. The lowest BCUT2D eigenvalue weighted by Crippen LogP contribution is -2.41. The number of hydrogen-bond donors (Lipinski definition) is 0. The van der Waals surface area contributed by atoms with Gasteiger partial charge in [0.2, 0.25) is 0 Å². The number of fused-ring (bicyclic) bond motifs is 2. The van der Waals surface area contributed by atoms with Crippen LogP contribution in [0.25, 0.3) is 11.4 Å². The summed E-state index contributed by atoms with van der Waals surface area (Å²) < 4.78 is 5.91. The van der Waals surface area contributed by atoms with Crippen LogP contribution in [0.4, 0.5) is 0 Å². The molecule has 1 fully saturated rings. The van der Waals surface area contributed by atoms with Crippen LogP contribution in [0.2, 0.25) is 0 Å². The van der Waals surface area contributed by atoms with Crippen molar-refractivity contribution in [1.29, 1.82) is 0 Å². The number of aromatic nitrogens is 3. The summed E-state index contributed by atoms with van der Waals surface area (Å²) in [4.78, 5) is 16.3. The van der Waals surface area contributed by atoms with Gasteiger partial charge in [-0.1, -0.05) is 13.8 Å². The molecule has 4 rings (SSSR count). The van der Waals surface area contributed by atoms with Crippen LogP contribution in [-0.4, -0.2) is 46.1 Å². The fraction of sp³-hybridized carbons (Fsp3) is 0.526. The van der Waals surface area contributed by atoms with Crippen molar-refractivity contribution in [2.45, 2.75) is 32.3 Å². The number of hydrogen-bond acceptors (Lipinski definition) is 5. The zero-order valence-electron chi connectivity index (χ0n) is 14.4. The van der Waals surface area contributed by atoms with Gasteiger partial charge in [0.1, 0.15) is 0 Å². The van der Waals surface area contributed by atoms with Gasteiger partial charge in [-0.2, -0.15) is 0 Å². The molecule has 126 valence electrons. The first-order chi connectivity index (χ1) is 11.7. The minimum atomic E-state index is 0.0162. The molecule has 0 radical (unpaired) electrons. The topological polar surface area (TPSA) is 51.1 Å². The molecule has 5 heteroatoms. The van der Waals surface area contributed by atoms with Crippen molar-refractivity contribution in [3.63, 3.8) is 0 Å². The van der Waals surface area contributed by atoms with Gasteiger partial charge in [-0.3, -0.25) is 4.98 Å². The van der Waals surface area contributed by atoms with Gasteiger partial charge in [0, 0.05) is 42.8 Å². The average Bonchev–Trinajstić information content (AvgIpc) is 2.98. The predicted molar refractivity (Wildman–Crippen MR) is 92.5 cm³/mol. The van der Waals surface area contributed by atoms with Gasteiger partial charge in [0.15, 0.2) is 5.82 Å². The number of pyridine rings is 1. The van der Waals surface area contributed by atoms with Crippen LogP contribution in [0.1, 0.15) is 31.5 Å². The molecule has 0 bridgehead atoms. The fourth-order valence-corrected chi connectivity index (χ4v) is 3.97. The lowest BCUT2D eigenvalue weighted by atomic mass is 9.80. The second-order valence-electron chi connectivity index (χ2n) is 7.46. The standard InChI is InChI=1S/C19H24N4O/c1-14(2)10-23-7-5-19(12-23)13-24-11-16-9-21-18(22-17(16)19)15-4-3-6-20-8-15/h3-4,6,8-9,14H,5,7,10-13H2,1-2H3/t19-/m0/s1. The minimum absolute atomic E-state index is 0.0162. The van der Waals surface area contributed by atoms with Crippen molar-refractivity contribution in [2.75, 3.05) is 26.2 Å². The van der Waals surface area contributed by atoms with E-state index >= 15 is 0 Å². The summed E-state index contributed by atoms with van der Waals surface area (Å²) in [6, 6.07) is 3.94. The SMILES string of the molecule is CC(C)CN1CC[C@@]2(COCc3cnc(-c4cccnc4)nc32)C1.